The van der Waals surface area contributed by atoms with Crippen LogP contribution in [0.3, 0.4) is 0 Å². The zero-order chi connectivity index (χ0) is 14.5. The Morgan fingerprint density at radius 2 is 1.71 bits per heavy atom. The summed E-state index contributed by atoms with van der Waals surface area (Å²) in [6.07, 6.45) is 12.3. The van der Waals surface area contributed by atoms with E-state index in [-0.39, 0.29) is 17.1 Å². The molecule has 118 valence electrons. The van der Waals surface area contributed by atoms with Crippen molar-refractivity contribution in [2.45, 2.75) is 75.3 Å². The monoisotopic (exact) mass is 309 g/mol. The SMILES string of the molecule is NSCN(C(=O)NC12CCC(CC1)C2)C12CCC(CC1)C2. The first kappa shape index (κ1) is 14.2. The standard InChI is InChI=1S/C16H27N3OS/c17-21-11-19(16-7-3-13(10-16)4-8-16)14(20)18-15-5-1-12(9-15)2-6-15/h12-13H,1-11,17H2,(H,18,20). The normalized spacial score (nSPS) is 43.5. The predicted octanol–water partition coefficient (Wildman–Crippen LogP) is 3.23. The molecule has 0 radical (unpaired) electrons. The van der Waals surface area contributed by atoms with E-state index in [2.05, 4.69) is 10.2 Å². The molecule has 0 heterocycles. The van der Waals surface area contributed by atoms with Crippen molar-refractivity contribution >= 4 is 18.0 Å². The molecular formula is C16H27N3OS. The summed E-state index contributed by atoms with van der Waals surface area (Å²) in [5.74, 6) is 2.35. The lowest BCUT2D eigenvalue weighted by Crippen LogP contribution is -2.57. The maximum absolute atomic E-state index is 13.0. The van der Waals surface area contributed by atoms with E-state index in [1.807, 2.05) is 0 Å². The van der Waals surface area contributed by atoms with Crippen molar-refractivity contribution in [3.63, 3.8) is 0 Å². The fourth-order valence-corrected chi connectivity index (χ4v) is 6.23. The number of nitrogens with one attached hydrogen (secondary N) is 1. The summed E-state index contributed by atoms with van der Waals surface area (Å²) in [5.41, 5.74) is 0.237. The maximum Gasteiger partial charge on any atom is 0.319 e. The third-order valence-corrected chi connectivity index (χ3v) is 7.25. The summed E-state index contributed by atoms with van der Waals surface area (Å²) in [6.45, 7) is 0. The van der Waals surface area contributed by atoms with Gasteiger partial charge in [-0.15, -0.1) is 0 Å². The Hall–Kier alpha value is -0.420. The molecule has 5 heteroatoms. The predicted molar refractivity (Wildman–Crippen MR) is 85.6 cm³/mol. The van der Waals surface area contributed by atoms with Crippen LogP contribution in [-0.2, 0) is 0 Å². The number of carbonyl (C=O) groups excluding carboxylic acids is 1. The van der Waals surface area contributed by atoms with Crippen LogP contribution in [0.1, 0.15) is 64.2 Å². The molecule has 4 aliphatic rings. The van der Waals surface area contributed by atoms with Gasteiger partial charge in [0.05, 0.1) is 5.88 Å². The first-order chi connectivity index (χ1) is 10.1. The van der Waals surface area contributed by atoms with E-state index in [1.54, 1.807) is 0 Å². The Bertz CT molecular complexity index is 425. The average molecular weight is 309 g/mol. The molecule has 0 aromatic heterocycles. The number of hydrogen-bond donors (Lipinski definition) is 2. The molecule has 0 aromatic carbocycles. The van der Waals surface area contributed by atoms with E-state index < -0.39 is 0 Å². The fraction of sp³-hybridized carbons (Fsp3) is 0.938. The van der Waals surface area contributed by atoms with Crippen LogP contribution in [0, 0.1) is 11.8 Å². The molecule has 4 saturated carbocycles. The number of rotatable bonds is 4. The Labute approximate surface area is 131 Å². The molecule has 4 fully saturated rings. The number of urea groups is 1. The van der Waals surface area contributed by atoms with E-state index in [0.717, 1.165) is 11.8 Å². The van der Waals surface area contributed by atoms with Crippen molar-refractivity contribution in [2.75, 3.05) is 5.88 Å². The molecule has 0 aromatic rings. The number of fused-ring (bicyclic) bond motifs is 4. The quantitative estimate of drug-likeness (QED) is 0.619. The second-order valence-corrected chi connectivity index (χ2v) is 8.55. The molecule has 0 spiro atoms. The first-order valence-electron chi connectivity index (χ1n) is 8.56. The van der Waals surface area contributed by atoms with Crippen LogP contribution in [0.15, 0.2) is 0 Å². The Morgan fingerprint density at radius 1 is 1.10 bits per heavy atom. The molecule has 0 unspecified atom stereocenters. The van der Waals surface area contributed by atoms with Gasteiger partial charge in [0.15, 0.2) is 0 Å². The third-order valence-electron chi connectivity index (χ3n) is 6.84. The lowest BCUT2D eigenvalue weighted by molar-refractivity contribution is 0.124. The van der Waals surface area contributed by atoms with Gasteiger partial charge >= 0.3 is 6.03 Å². The van der Waals surface area contributed by atoms with Crippen LogP contribution in [-0.4, -0.2) is 27.9 Å². The van der Waals surface area contributed by atoms with Gasteiger partial charge < -0.3 is 10.2 Å². The van der Waals surface area contributed by atoms with E-state index in [0.29, 0.717) is 5.88 Å². The molecule has 21 heavy (non-hydrogen) atoms. The number of nitrogens with zero attached hydrogens (tertiary/aromatic N) is 1. The van der Waals surface area contributed by atoms with Crippen LogP contribution in [0.2, 0.25) is 0 Å². The second-order valence-electron chi connectivity index (χ2n) is 7.95. The number of carbonyl (C=O) groups is 1. The van der Waals surface area contributed by atoms with Crippen molar-refractivity contribution in [3.05, 3.63) is 0 Å². The zero-order valence-electron chi connectivity index (χ0n) is 12.8. The Morgan fingerprint density at radius 3 is 2.19 bits per heavy atom. The van der Waals surface area contributed by atoms with Gasteiger partial charge in [-0.25, -0.2) is 4.79 Å². The second kappa shape index (κ2) is 5.05. The summed E-state index contributed by atoms with van der Waals surface area (Å²) in [4.78, 5) is 15.1. The van der Waals surface area contributed by atoms with Gasteiger partial charge in [0.2, 0.25) is 0 Å². The van der Waals surface area contributed by atoms with Gasteiger partial charge in [-0.1, -0.05) is 11.9 Å². The zero-order valence-corrected chi connectivity index (χ0v) is 13.6. The highest BCUT2D eigenvalue weighted by Gasteiger charge is 2.52. The van der Waals surface area contributed by atoms with E-state index in [4.69, 9.17) is 5.14 Å². The van der Waals surface area contributed by atoms with E-state index in [9.17, 15) is 4.79 Å². The molecule has 4 nitrogen and oxygen atoms in total. The summed E-state index contributed by atoms with van der Waals surface area (Å²) in [5, 5.41) is 9.18. The molecule has 0 saturated heterocycles. The highest BCUT2D eigenvalue weighted by molar-refractivity contribution is 7.97. The minimum absolute atomic E-state index is 0.118. The van der Waals surface area contributed by atoms with Gasteiger partial charge in [0.25, 0.3) is 0 Å². The Balaban J connectivity index is 1.50. The van der Waals surface area contributed by atoms with Gasteiger partial charge in [-0.3, -0.25) is 5.14 Å². The highest BCUT2D eigenvalue weighted by Crippen LogP contribution is 2.52. The number of amides is 2. The van der Waals surface area contributed by atoms with Gasteiger partial charge in [0.1, 0.15) is 0 Å². The summed E-state index contributed by atoms with van der Waals surface area (Å²) in [6, 6.07) is 0.165. The van der Waals surface area contributed by atoms with Crippen molar-refractivity contribution < 1.29 is 4.79 Å². The molecule has 3 N–H and O–H groups in total. The highest BCUT2D eigenvalue weighted by atomic mass is 32.2. The van der Waals surface area contributed by atoms with Crippen LogP contribution < -0.4 is 10.5 Å². The van der Waals surface area contributed by atoms with Crippen LogP contribution in [0.25, 0.3) is 0 Å². The lowest BCUT2D eigenvalue weighted by Gasteiger charge is -2.41. The molecule has 0 aliphatic heterocycles. The van der Waals surface area contributed by atoms with Crippen LogP contribution in [0.5, 0.6) is 0 Å². The van der Waals surface area contributed by atoms with E-state index in [1.165, 1.54) is 76.2 Å². The molecular weight excluding hydrogens is 282 g/mol. The molecule has 4 aliphatic carbocycles. The van der Waals surface area contributed by atoms with E-state index >= 15 is 0 Å². The smallest absolute Gasteiger partial charge is 0.319 e. The summed E-state index contributed by atoms with van der Waals surface area (Å²) in [7, 11) is 0. The molecule has 4 bridgehead atoms. The average Bonchev–Trinajstić information content (AvgIpc) is 3.24. The minimum Gasteiger partial charge on any atom is -0.333 e. The molecule has 2 amide bonds. The summed E-state index contributed by atoms with van der Waals surface area (Å²) >= 11 is 1.30. The minimum atomic E-state index is 0.118. The lowest BCUT2D eigenvalue weighted by atomic mass is 9.91. The fourth-order valence-electron chi connectivity index (χ4n) is 5.69. The summed E-state index contributed by atoms with van der Waals surface area (Å²) < 4.78 is 0. The first-order valence-corrected chi connectivity index (χ1v) is 9.61. The number of nitrogens with two attached hydrogens (primary N) is 1. The van der Waals surface area contributed by atoms with Gasteiger partial charge in [-0.05, 0) is 76.0 Å². The molecule has 0 atom stereocenters. The van der Waals surface area contributed by atoms with Crippen molar-refractivity contribution in [1.29, 1.82) is 0 Å². The Kier molecular flexibility index (Phi) is 3.41. The number of hydrogen-bond acceptors (Lipinski definition) is 3. The largest absolute Gasteiger partial charge is 0.333 e. The maximum atomic E-state index is 13.0. The molecule has 4 rings (SSSR count). The van der Waals surface area contributed by atoms with Crippen molar-refractivity contribution in [1.82, 2.24) is 10.2 Å². The van der Waals surface area contributed by atoms with Gasteiger partial charge in [-0.2, -0.15) is 0 Å². The van der Waals surface area contributed by atoms with Crippen LogP contribution >= 0.6 is 11.9 Å². The van der Waals surface area contributed by atoms with Crippen LogP contribution in [0.4, 0.5) is 4.79 Å². The topological polar surface area (TPSA) is 58.4 Å². The third kappa shape index (κ3) is 2.27. The van der Waals surface area contributed by atoms with Crippen molar-refractivity contribution in [2.24, 2.45) is 17.0 Å². The van der Waals surface area contributed by atoms with Crippen molar-refractivity contribution in [3.8, 4) is 0 Å². The van der Waals surface area contributed by atoms with Gasteiger partial charge in [0, 0.05) is 11.1 Å².